The van der Waals surface area contributed by atoms with Crippen LogP contribution in [0.5, 0.6) is 0 Å². The minimum absolute atomic E-state index is 0.156. The number of allylic oxidation sites excluding steroid dienone is 2. The van der Waals surface area contributed by atoms with Gasteiger partial charge in [0.2, 0.25) is 0 Å². The molecule has 0 aliphatic heterocycles. The van der Waals surface area contributed by atoms with Crippen molar-refractivity contribution in [3.63, 3.8) is 0 Å². The molecule has 0 amide bonds. The normalized spacial score (nSPS) is 12.1. The molecule has 5 nitrogen and oxygen atoms in total. The number of unbranched alkanes of at least 4 members (excludes halogenated alkanes) is 40. The fourth-order valence-corrected chi connectivity index (χ4v) is 8.54. The summed E-state index contributed by atoms with van der Waals surface area (Å²) in [6.07, 6.45) is 62.4. The summed E-state index contributed by atoms with van der Waals surface area (Å²) >= 11 is 0. The topological polar surface area (TPSA) is 61.8 Å². The summed E-state index contributed by atoms with van der Waals surface area (Å²) in [6.45, 7) is 7.79. The molecule has 0 fully saturated rings. The van der Waals surface area contributed by atoms with Gasteiger partial charge in [0.25, 0.3) is 0 Å². The molecule has 368 valence electrons. The van der Waals surface area contributed by atoms with Crippen LogP contribution in [-0.2, 0) is 23.8 Å². The number of esters is 2. The Morgan fingerprint density at radius 3 is 0.871 bits per heavy atom. The van der Waals surface area contributed by atoms with Gasteiger partial charge in [0.1, 0.15) is 19.3 Å². The lowest BCUT2D eigenvalue weighted by molar-refractivity contribution is -0.155. The van der Waals surface area contributed by atoms with E-state index in [9.17, 15) is 9.59 Å². The molecule has 0 aromatic heterocycles. The van der Waals surface area contributed by atoms with Crippen LogP contribution < -0.4 is 0 Å². The summed E-state index contributed by atoms with van der Waals surface area (Å²) < 4.78 is 17.5. The van der Waals surface area contributed by atoms with Crippen molar-refractivity contribution in [2.45, 2.75) is 322 Å². The minimum Gasteiger partial charge on any atom is -0.463 e. The quantitative estimate of drug-likeness (QED) is 0.0346. The Balaban J connectivity index is 4.20. The molecule has 0 rings (SSSR count). The van der Waals surface area contributed by atoms with Crippen molar-refractivity contribution in [2.75, 3.05) is 19.8 Å². The Hall–Kier alpha value is -1.36. The molecular formula is C57H110O5. The molecule has 62 heavy (non-hydrogen) atoms. The molecule has 0 aliphatic carbocycles. The number of hydrogen-bond donors (Lipinski definition) is 0. The molecule has 0 saturated carbocycles. The summed E-state index contributed by atoms with van der Waals surface area (Å²) in [5, 5.41) is 0. The van der Waals surface area contributed by atoms with E-state index in [0.29, 0.717) is 19.4 Å². The summed E-state index contributed by atoms with van der Waals surface area (Å²) in [5.74, 6) is -0.317. The van der Waals surface area contributed by atoms with Crippen LogP contribution >= 0.6 is 0 Å². The zero-order valence-corrected chi connectivity index (χ0v) is 42.4. The van der Waals surface area contributed by atoms with Gasteiger partial charge in [-0.05, 0) is 44.9 Å². The summed E-state index contributed by atoms with van der Waals surface area (Å²) in [5.41, 5.74) is 0. The number of hydrogen-bond acceptors (Lipinski definition) is 5. The van der Waals surface area contributed by atoms with Crippen molar-refractivity contribution in [1.29, 1.82) is 0 Å². The second-order valence-corrected chi connectivity index (χ2v) is 19.2. The Kier molecular flexibility index (Phi) is 52.8. The first kappa shape index (κ1) is 60.6. The Labute approximate surface area is 388 Å². The lowest BCUT2D eigenvalue weighted by Gasteiger charge is -2.18. The monoisotopic (exact) mass is 875 g/mol. The van der Waals surface area contributed by atoms with Gasteiger partial charge < -0.3 is 14.2 Å². The third-order valence-corrected chi connectivity index (χ3v) is 12.8. The highest BCUT2D eigenvalue weighted by Crippen LogP contribution is 2.17. The molecule has 0 aliphatic rings. The SMILES string of the molecule is CCCCCC/C=C\CCCCCCCCCC(=O)OC[C@H](COC(=O)CCCCCCCCCCCCCCCCC)OCCCCCCCCCCCCCCCCCC. The van der Waals surface area contributed by atoms with Crippen LogP contribution in [-0.4, -0.2) is 37.9 Å². The van der Waals surface area contributed by atoms with Gasteiger partial charge in [-0.2, -0.15) is 0 Å². The van der Waals surface area contributed by atoms with Gasteiger partial charge in [-0.15, -0.1) is 0 Å². The zero-order valence-electron chi connectivity index (χ0n) is 42.4. The van der Waals surface area contributed by atoms with Crippen LogP contribution in [0.3, 0.4) is 0 Å². The first-order valence-electron chi connectivity index (χ1n) is 28.2. The van der Waals surface area contributed by atoms with E-state index >= 15 is 0 Å². The van der Waals surface area contributed by atoms with Crippen LogP contribution in [0.15, 0.2) is 12.2 Å². The Bertz CT molecular complexity index is 902. The molecule has 0 spiro atoms. The van der Waals surface area contributed by atoms with E-state index in [1.807, 2.05) is 0 Å². The van der Waals surface area contributed by atoms with Crippen LogP contribution in [0, 0.1) is 0 Å². The fourth-order valence-electron chi connectivity index (χ4n) is 8.54. The number of carbonyl (C=O) groups excluding carboxylic acids is 2. The second kappa shape index (κ2) is 54.0. The van der Waals surface area contributed by atoms with Crippen LogP contribution in [0.4, 0.5) is 0 Å². The highest BCUT2D eigenvalue weighted by Gasteiger charge is 2.16. The Morgan fingerprint density at radius 1 is 0.323 bits per heavy atom. The molecule has 0 N–H and O–H groups in total. The molecule has 0 radical (unpaired) electrons. The number of ether oxygens (including phenoxy) is 3. The molecular weight excluding hydrogens is 765 g/mol. The van der Waals surface area contributed by atoms with Gasteiger partial charge in [0, 0.05) is 19.4 Å². The molecule has 0 heterocycles. The molecule has 0 bridgehead atoms. The first-order chi connectivity index (χ1) is 30.6. The van der Waals surface area contributed by atoms with E-state index in [1.54, 1.807) is 0 Å². The third-order valence-electron chi connectivity index (χ3n) is 12.8. The van der Waals surface area contributed by atoms with Crippen molar-refractivity contribution in [2.24, 2.45) is 0 Å². The highest BCUT2D eigenvalue weighted by atomic mass is 16.6. The maximum Gasteiger partial charge on any atom is 0.305 e. The largest absolute Gasteiger partial charge is 0.463 e. The molecule has 0 unspecified atom stereocenters. The van der Waals surface area contributed by atoms with Gasteiger partial charge >= 0.3 is 11.9 Å². The van der Waals surface area contributed by atoms with E-state index in [1.165, 1.54) is 244 Å². The Morgan fingerprint density at radius 2 is 0.565 bits per heavy atom. The maximum atomic E-state index is 12.6. The van der Waals surface area contributed by atoms with E-state index in [4.69, 9.17) is 14.2 Å². The van der Waals surface area contributed by atoms with Crippen LogP contribution in [0.2, 0.25) is 0 Å². The van der Waals surface area contributed by atoms with E-state index in [0.717, 1.165) is 38.5 Å². The summed E-state index contributed by atoms with van der Waals surface area (Å²) in [6, 6.07) is 0. The van der Waals surface area contributed by atoms with Crippen molar-refractivity contribution in [3.05, 3.63) is 12.2 Å². The lowest BCUT2D eigenvalue weighted by Crippen LogP contribution is -2.29. The average molecular weight is 876 g/mol. The lowest BCUT2D eigenvalue weighted by atomic mass is 10.0. The highest BCUT2D eigenvalue weighted by molar-refractivity contribution is 5.69. The maximum absolute atomic E-state index is 12.6. The predicted octanol–water partition coefficient (Wildman–Crippen LogP) is 19.0. The zero-order chi connectivity index (χ0) is 44.9. The van der Waals surface area contributed by atoms with Gasteiger partial charge in [0.05, 0.1) is 0 Å². The number of rotatable bonds is 53. The van der Waals surface area contributed by atoms with E-state index < -0.39 is 6.10 Å². The van der Waals surface area contributed by atoms with E-state index in [-0.39, 0.29) is 25.2 Å². The van der Waals surface area contributed by atoms with Crippen LogP contribution in [0.25, 0.3) is 0 Å². The standard InChI is InChI=1S/C57H110O5/c1-4-7-10-13-16-19-22-25-28-31-34-37-40-43-46-49-52-60-55(53-61-56(58)50-47-44-41-38-35-32-29-26-23-20-17-14-11-8-5-2)54-62-57(59)51-48-45-42-39-36-33-30-27-24-21-18-15-12-9-6-3/h20,23,55H,4-19,21-22,24-54H2,1-3H3/b23-20-/t55-/m1/s1. The number of carbonyl (C=O) groups is 2. The molecule has 0 saturated heterocycles. The van der Waals surface area contributed by atoms with Gasteiger partial charge in [-0.3, -0.25) is 9.59 Å². The average Bonchev–Trinajstić information content (AvgIpc) is 3.28. The van der Waals surface area contributed by atoms with Gasteiger partial charge in [0.15, 0.2) is 0 Å². The molecule has 5 heteroatoms. The van der Waals surface area contributed by atoms with Gasteiger partial charge in [-0.25, -0.2) is 0 Å². The second-order valence-electron chi connectivity index (χ2n) is 19.2. The van der Waals surface area contributed by atoms with Crippen molar-refractivity contribution in [3.8, 4) is 0 Å². The van der Waals surface area contributed by atoms with Gasteiger partial charge in [-0.1, -0.05) is 270 Å². The smallest absolute Gasteiger partial charge is 0.305 e. The van der Waals surface area contributed by atoms with Crippen molar-refractivity contribution < 1.29 is 23.8 Å². The first-order valence-corrected chi connectivity index (χ1v) is 28.2. The fraction of sp³-hybridized carbons (Fsp3) is 0.930. The molecule has 1 atom stereocenters. The third kappa shape index (κ3) is 51.3. The van der Waals surface area contributed by atoms with Crippen molar-refractivity contribution >= 4 is 11.9 Å². The van der Waals surface area contributed by atoms with Crippen molar-refractivity contribution in [1.82, 2.24) is 0 Å². The summed E-state index contributed by atoms with van der Waals surface area (Å²) in [7, 11) is 0. The van der Waals surface area contributed by atoms with E-state index in [2.05, 4.69) is 32.9 Å². The minimum atomic E-state index is -0.392. The summed E-state index contributed by atoms with van der Waals surface area (Å²) in [4.78, 5) is 25.3. The van der Waals surface area contributed by atoms with Crippen LogP contribution in [0.1, 0.15) is 316 Å². The molecule has 0 aromatic rings. The predicted molar refractivity (Wildman–Crippen MR) is 270 cm³/mol. The molecule has 0 aromatic carbocycles.